The quantitative estimate of drug-likeness (QED) is 0.303. The Labute approximate surface area is 201 Å². The van der Waals surface area contributed by atoms with E-state index in [1.165, 1.54) is 55.7 Å². The monoisotopic (exact) mass is 432 g/mol. The van der Waals surface area contributed by atoms with Crippen molar-refractivity contribution in [3.8, 4) is 0 Å². The van der Waals surface area contributed by atoms with Gasteiger partial charge in [0.2, 0.25) is 0 Å². The molecule has 0 unspecified atom stereocenters. The Hall–Kier alpha value is -4.42. The molecular formula is C34H24. The van der Waals surface area contributed by atoms with E-state index in [-0.39, 0.29) is 0 Å². The van der Waals surface area contributed by atoms with E-state index in [0.717, 1.165) is 0 Å². The van der Waals surface area contributed by atoms with Gasteiger partial charge in [0, 0.05) is 0 Å². The number of allylic oxidation sites excluding steroid dienone is 8. The Kier molecular flexibility index (Phi) is 5.26. The van der Waals surface area contributed by atoms with E-state index in [9.17, 15) is 0 Å². The van der Waals surface area contributed by atoms with Crippen LogP contribution < -0.4 is 0 Å². The van der Waals surface area contributed by atoms with Crippen molar-refractivity contribution in [2.45, 2.75) is 0 Å². The minimum atomic E-state index is 1.24. The van der Waals surface area contributed by atoms with Crippen LogP contribution in [0.5, 0.6) is 0 Å². The first-order valence-corrected chi connectivity index (χ1v) is 11.7. The van der Waals surface area contributed by atoms with Crippen LogP contribution in [0.4, 0.5) is 0 Å². The predicted molar refractivity (Wildman–Crippen MR) is 143 cm³/mol. The number of rotatable bonds is 4. The normalized spacial score (nSPS) is 14.0. The van der Waals surface area contributed by atoms with Gasteiger partial charge in [0.1, 0.15) is 0 Å². The highest BCUT2D eigenvalue weighted by Crippen LogP contribution is 2.44. The van der Waals surface area contributed by atoms with E-state index in [2.05, 4.69) is 146 Å². The van der Waals surface area contributed by atoms with Gasteiger partial charge in [-0.15, -0.1) is 0 Å². The molecule has 160 valence electrons. The lowest BCUT2D eigenvalue weighted by Gasteiger charge is -2.14. The fourth-order valence-electron chi connectivity index (χ4n) is 4.97. The molecule has 0 heterocycles. The predicted octanol–water partition coefficient (Wildman–Crippen LogP) is 8.43. The van der Waals surface area contributed by atoms with E-state index in [4.69, 9.17) is 0 Å². The van der Waals surface area contributed by atoms with Gasteiger partial charge in [0.15, 0.2) is 0 Å². The number of benzene rings is 4. The van der Waals surface area contributed by atoms with Gasteiger partial charge in [-0.25, -0.2) is 0 Å². The summed E-state index contributed by atoms with van der Waals surface area (Å²) < 4.78 is 0. The lowest BCUT2D eigenvalue weighted by Crippen LogP contribution is -1.94. The summed E-state index contributed by atoms with van der Waals surface area (Å²) >= 11 is 0. The minimum absolute atomic E-state index is 1.24. The fourth-order valence-corrected chi connectivity index (χ4v) is 4.97. The van der Waals surface area contributed by atoms with E-state index >= 15 is 0 Å². The number of hydrogen-bond donors (Lipinski definition) is 0. The van der Waals surface area contributed by atoms with Gasteiger partial charge >= 0.3 is 0 Å². The van der Waals surface area contributed by atoms with Crippen LogP contribution in [0.25, 0.3) is 11.1 Å². The summed E-state index contributed by atoms with van der Waals surface area (Å²) in [6.45, 7) is 0. The molecule has 0 spiro atoms. The van der Waals surface area contributed by atoms with Crippen molar-refractivity contribution >= 4 is 11.1 Å². The second kappa shape index (κ2) is 8.84. The molecule has 0 aliphatic heterocycles. The van der Waals surface area contributed by atoms with Crippen LogP contribution in [0.3, 0.4) is 0 Å². The Morgan fingerprint density at radius 1 is 0.294 bits per heavy atom. The van der Waals surface area contributed by atoms with Crippen LogP contribution in [0, 0.1) is 0 Å². The molecule has 4 aromatic rings. The second-order valence-electron chi connectivity index (χ2n) is 8.54. The van der Waals surface area contributed by atoms with Gasteiger partial charge in [-0.2, -0.15) is 0 Å². The topological polar surface area (TPSA) is 0 Å². The van der Waals surface area contributed by atoms with Crippen LogP contribution in [-0.2, 0) is 0 Å². The first kappa shape index (κ1) is 20.2. The zero-order chi connectivity index (χ0) is 22.7. The van der Waals surface area contributed by atoms with Crippen LogP contribution in [0.1, 0.15) is 22.3 Å². The van der Waals surface area contributed by atoms with Crippen molar-refractivity contribution in [2.24, 2.45) is 0 Å². The largest absolute Gasteiger partial charge is 0.0622 e. The highest BCUT2D eigenvalue weighted by atomic mass is 14.3. The molecule has 0 bridgehead atoms. The summed E-state index contributed by atoms with van der Waals surface area (Å²) in [5.41, 5.74) is 12.6. The summed E-state index contributed by atoms with van der Waals surface area (Å²) in [6.07, 6.45) is 9.16. The van der Waals surface area contributed by atoms with Crippen LogP contribution in [0.15, 0.2) is 168 Å². The van der Waals surface area contributed by atoms with Gasteiger partial charge in [0.05, 0.1) is 0 Å². The average Bonchev–Trinajstić information content (AvgIpc) is 3.51. The molecule has 2 aliphatic carbocycles. The van der Waals surface area contributed by atoms with Crippen molar-refractivity contribution in [1.29, 1.82) is 0 Å². The molecule has 0 N–H and O–H groups in total. The molecule has 0 saturated heterocycles. The molecule has 0 fully saturated rings. The Morgan fingerprint density at radius 3 is 0.824 bits per heavy atom. The molecule has 0 atom stereocenters. The van der Waals surface area contributed by atoms with Crippen molar-refractivity contribution < 1.29 is 0 Å². The fraction of sp³-hybridized carbons (Fsp3) is 0. The third kappa shape index (κ3) is 3.60. The maximum absolute atomic E-state index is 2.29. The maximum atomic E-state index is 2.29. The molecular weight excluding hydrogens is 408 g/mol. The first-order chi connectivity index (χ1) is 16.9. The molecule has 0 amide bonds. The van der Waals surface area contributed by atoms with Gasteiger partial charge in [-0.3, -0.25) is 0 Å². The van der Waals surface area contributed by atoms with Crippen molar-refractivity contribution in [2.75, 3.05) is 0 Å². The van der Waals surface area contributed by atoms with Gasteiger partial charge in [-0.05, 0) is 55.7 Å². The highest BCUT2D eigenvalue weighted by molar-refractivity contribution is 5.95. The molecule has 34 heavy (non-hydrogen) atoms. The molecule has 0 radical (unpaired) electrons. The van der Waals surface area contributed by atoms with E-state index in [0.29, 0.717) is 0 Å². The molecule has 0 nitrogen and oxygen atoms in total. The highest BCUT2D eigenvalue weighted by Gasteiger charge is 2.26. The zero-order valence-corrected chi connectivity index (χ0v) is 18.9. The van der Waals surface area contributed by atoms with Gasteiger partial charge < -0.3 is 0 Å². The third-order valence-electron chi connectivity index (χ3n) is 6.49. The van der Waals surface area contributed by atoms with Gasteiger partial charge in [0.25, 0.3) is 0 Å². The Bertz CT molecular complexity index is 1280. The second-order valence-corrected chi connectivity index (χ2v) is 8.54. The lowest BCUT2D eigenvalue weighted by molar-refractivity contribution is 1.48. The van der Waals surface area contributed by atoms with E-state index in [1.807, 2.05) is 0 Å². The van der Waals surface area contributed by atoms with E-state index in [1.54, 1.807) is 0 Å². The minimum Gasteiger partial charge on any atom is -0.0622 e. The molecule has 0 aromatic heterocycles. The van der Waals surface area contributed by atoms with Crippen LogP contribution in [0.2, 0.25) is 0 Å². The van der Waals surface area contributed by atoms with Crippen molar-refractivity contribution in [3.05, 3.63) is 190 Å². The maximum Gasteiger partial charge on any atom is -0.00326 e. The van der Waals surface area contributed by atoms with Crippen LogP contribution in [-0.4, -0.2) is 0 Å². The summed E-state index contributed by atoms with van der Waals surface area (Å²) in [5.74, 6) is 0. The van der Waals surface area contributed by atoms with Crippen molar-refractivity contribution in [1.82, 2.24) is 0 Å². The average molecular weight is 433 g/mol. The van der Waals surface area contributed by atoms with E-state index < -0.39 is 0 Å². The first-order valence-electron chi connectivity index (χ1n) is 11.7. The van der Waals surface area contributed by atoms with Crippen molar-refractivity contribution in [3.63, 3.8) is 0 Å². The molecule has 2 aliphatic rings. The SMILES string of the molecule is C1=CC(=C(c2ccccc2)c2ccccc2)C2=C1C(=C(c1ccccc1)c1ccccc1)C=C2. The molecule has 0 heteroatoms. The zero-order valence-electron chi connectivity index (χ0n) is 18.9. The van der Waals surface area contributed by atoms with Crippen LogP contribution >= 0.6 is 0 Å². The third-order valence-corrected chi connectivity index (χ3v) is 6.49. The summed E-state index contributed by atoms with van der Waals surface area (Å²) in [4.78, 5) is 0. The Balaban J connectivity index is 1.59. The smallest absolute Gasteiger partial charge is 0.00326 e. The Morgan fingerprint density at radius 2 is 0.559 bits per heavy atom. The van der Waals surface area contributed by atoms with Gasteiger partial charge in [-0.1, -0.05) is 146 Å². The number of hydrogen-bond acceptors (Lipinski definition) is 0. The molecule has 4 aromatic carbocycles. The summed E-state index contributed by atoms with van der Waals surface area (Å²) in [5, 5.41) is 0. The lowest BCUT2D eigenvalue weighted by atomic mass is 9.89. The summed E-state index contributed by atoms with van der Waals surface area (Å²) in [6, 6.07) is 42.9. The standard InChI is InChI=1S/C34H24/c1-5-13-25(14-6-1)33(26-15-7-2-8-16-26)31-23-21-30-29(31)22-24-32(30)34(27-17-9-3-10-18-27)28-19-11-4-12-20-28/h1-24H. The molecule has 6 rings (SSSR count). The summed E-state index contributed by atoms with van der Waals surface area (Å²) in [7, 11) is 0. The molecule has 0 saturated carbocycles.